The molecule has 1 atom stereocenters. The summed E-state index contributed by atoms with van der Waals surface area (Å²) in [4.78, 5) is 10.6. The van der Waals surface area contributed by atoms with E-state index in [1.807, 2.05) is 6.92 Å². The third kappa shape index (κ3) is 2.93. The molecule has 6 nitrogen and oxygen atoms in total. The highest BCUT2D eigenvalue weighted by Gasteiger charge is 2.36. The topological polar surface area (TPSA) is 77.9 Å². The molecule has 0 aromatic rings. The lowest BCUT2D eigenvalue weighted by Crippen LogP contribution is -2.52. The highest BCUT2D eigenvalue weighted by molar-refractivity contribution is 7.86. The Kier molecular flexibility index (Phi) is 4.28. The number of carboxylic acid groups (broad SMARTS) is 1. The third-order valence-corrected chi connectivity index (χ3v) is 4.55. The van der Waals surface area contributed by atoms with Crippen molar-refractivity contribution in [1.29, 1.82) is 0 Å². The Morgan fingerprint density at radius 3 is 2.56 bits per heavy atom. The van der Waals surface area contributed by atoms with Gasteiger partial charge in [0.2, 0.25) is 0 Å². The summed E-state index contributed by atoms with van der Waals surface area (Å²) in [5.41, 5.74) is 0. The van der Waals surface area contributed by atoms with Crippen molar-refractivity contribution in [3.05, 3.63) is 0 Å². The molecule has 1 rings (SSSR count). The van der Waals surface area contributed by atoms with Crippen LogP contribution in [0.3, 0.4) is 0 Å². The van der Waals surface area contributed by atoms with Gasteiger partial charge in [-0.1, -0.05) is 6.92 Å². The van der Waals surface area contributed by atoms with Crippen molar-refractivity contribution in [2.45, 2.75) is 19.8 Å². The Morgan fingerprint density at radius 2 is 2.06 bits per heavy atom. The number of rotatable bonds is 4. The Bertz CT molecular complexity index is 355. The summed E-state index contributed by atoms with van der Waals surface area (Å²) in [7, 11) is -1.87. The summed E-state index contributed by atoms with van der Waals surface area (Å²) in [5, 5.41) is 8.71. The molecule has 0 aromatic heterocycles. The van der Waals surface area contributed by atoms with Gasteiger partial charge in [-0.3, -0.25) is 4.79 Å². The van der Waals surface area contributed by atoms with Crippen molar-refractivity contribution < 1.29 is 18.3 Å². The molecule has 7 heteroatoms. The predicted octanol–water partition coefficient (Wildman–Crippen LogP) is -0.0205. The van der Waals surface area contributed by atoms with Crippen molar-refractivity contribution >= 4 is 16.2 Å². The molecule has 1 unspecified atom stereocenters. The van der Waals surface area contributed by atoms with Crippen LogP contribution in [0.1, 0.15) is 19.8 Å². The van der Waals surface area contributed by atoms with Crippen molar-refractivity contribution in [3.63, 3.8) is 0 Å². The SMILES string of the molecule is CCCN1CC(CC(=O)O)CN(C)S1(=O)=O. The van der Waals surface area contributed by atoms with Gasteiger partial charge >= 0.3 is 5.97 Å². The monoisotopic (exact) mass is 250 g/mol. The first kappa shape index (κ1) is 13.4. The van der Waals surface area contributed by atoms with Crippen molar-refractivity contribution in [2.24, 2.45) is 5.92 Å². The molecular weight excluding hydrogens is 232 g/mol. The van der Waals surface area contributed by atoms with Crippen molar-refractivity contribution in [1.82, 2.24) is 8.61 Å². The molecular formula is C9H18N2O4S. The molecule has 94 valence electrons. The molecule has 0 spiro atoms. The normalized spacial score (nSPS) is 26.8. The van der Waals surface area contributed by atoms with Crippen LogP contribution in [-0.4, -0.2) is 54.8 Å². The van der Waals surface area contributed by atoms with Gasteiger partial charge in [0, 0.05) is 26.7 Å². The maximum Gasteiger partial charge on any atom is 0.303 e. The molecule has 1 saturated heterocycles. The second kappa shape index (κ2) is 5.11. The van der Waals surface area contributed by atoms with Crippen molar-refractivity contribution in [3.8, 4) is 0 Å². The Hall–Kier alpha value is -0.660. The average Bonchev–Trinajstić information content (AvgIpc) is 2.13. The zero-order valence-electron chi connectivity index (χ0n) is 9.59. The van der Waals surface area contributed by atoms with Crippen LogP contribution in [0.2, 0.25) is 0 Å². The van der Waals surface area contributed by atoms with E-state index >= 15 is 0 Å². The molecule has 0 aliphatic carbocycles. The number of carboxylic acids is 1. The molecule has 1 aliphatic heterocycles. The summed E-state index contributed by atoms with van der Waals surface area (Å²) in [6, 6.07) is 0. The lowest BCUT2D eigenvalue weighted by molar-refractivity contribution is -0.138. The summed E-state index contributed by atoms with van der Waals surface area (Å²) in [6.07, 6.45) is 0.743. The fourth-order valence-electron chi connectivity index (χ4n) is 1.93. The standard InChI is InChI=1S/C9H18N2O4S/c1-3-4-11-7-8(5-9(12)13)6-10(2)16(11,14)15/h8H,3-7H2,1-2H3,(H,12,13). The fraction of sp³-hybridized carbons (Fsp3) is 0.889. The second-order valence-corrected chi connectivity index (χ2v) is 6.15. The van der Waals surface area contributed by atoms with Gasteiger partial charge in [0.15, 0.2) is 0 Å². The Balaban J connectivity index is 2.77. The highest BCUT2D eigenvalue weighted by atomic mass is 32.2. The minimum absolute atomic E-state index is 0.0140. The van der Waals surface area contributed by atoms with Crippen LogP contribution in [0.25, 0.3) is 0 Å². The summed E-state index contributed by atoms with van der Waals surface area (Å²) >= 11 is 0. The van der Waals surface area contributed by atoms with E-state index in [1.54, 1.807) is 0 Å². The van der Waals surface area contributed by atoms with Gasteiger partial charge in [-0.05, 0) is 12.3 Å². The minimum Gasteiger partial charge on any atom is -0.481 e. The van der Waals surface area contributed by atoms with Gasteiger partial charge in [0.05, 0.1) is 6.42 Å². The largest absolute Gasteiger partial charge is 0.481 e. The summed E-state index contributed by atoms with van der Waals surface area (Å²) in [6.45, 7) is 2.95. The molecule has 1 aliphatic rings. The van der Waals surface area contributed by atoms with Crippen LogP contribution in [-0.2, 0) is 15.0 Å². The van der Waals surface area contributed by atoms with Gasteiger partial charge in [-0.15, -0.1) is 0 Å². The molecule has 1 fully saturated rings. The van der Waals surface area contributed by atoms with Gasteiger partial charge in [-0.2, -0.15) is 17.0 Å². The number of hydrogen-bond donors (Lipinski definition) is 1. The van der Waals surface area contributed by atoms with Crippen LogP contribution in [0, 0.1) is 5.92 Å². The molecule has 0 aromatic carbocycles. The van der Waals surface area contributed by atoms with E-state index in [0.717, 1.165) is 6.42 Å². The lowest BCUT2D eigenvalue weighted by Gasteiger charge is -2.36. The smallest absolute Gasteiger partial charge is 0.303 e. The van der Waals surface area contributed by atoms with Crippen molar-refractivity contribution in [2.75, 3.05) is 26.7 Å². The van der Waals surface area contributed by atoms with E-state index in [1.165, 1.54) is 15.7 Å². The Morgan fingerprint density at radius 1 is 1.44 bits per heavy atom. The predicted molar refractivity (Wildman–Crippen MR) is 59.2 cm³/mol. The zero-order valence-corrected chi connectivity index (χ0v) is 10.4. The molecule has 0 saturated carbocycles. The number of aliphatic carboxylic acids is 1. The maximum absolute atomic E-state index is 11.8. The molecule has 1 N–H and O–H groups in total. The van der Waals surface area contributed by atoms with Gasteiger partial charge in [0.1, 0.15) is 0 Å². The first-order chi connectivity index (χ1) is 7.37. The molecule has 0 bridgehead atoms. The second-order valence-electron chi connectivity index (χ2n) is 4.11. The number of hydrogen-bond acceptors (Lipinski definition) is 3. The van der Waals surface area contributed by atoms with Gasteiger partial charge in [0.25, 0.3) is 10.2 Å². The minimum atomic E-state index is -3.36. The van der Waals surface area contributed by atoms with E-state index in [0.29, 0.717) is 13.1 Å². The lowest BCUT2D eigenvalue weighted by atomic mass is 10.1. The molecule has 16 heavy (non-hydrogen) atoms. The van der Waals surface area contributed by atoms with Crippen LogP contribution < -0.4 is 0 Å². The van der Waals surface area contributed by atoms with Crippen LogP contribution >= 0.6 is 0 Å². The first-order valence-corrected chi connectivity index (χ1v) is 6.70. The average molecular weight is 250 g/mol. The Labute approximate surface area is 96.0 Å². The number of carbonyl (C=O) groups is 1. The van der Waals surface area contributed by atoms with E-state index in [4.69, 9.17) is 5.11 Å². The zero-order chi connectivity index (χ0) is 12.3. The molecule has 0 radical (unpaired) electrons. The third-order valence-electron chi connectivity index (χ3n) is 2.63. The van der Waals surface area contributed by atoms with Crippen LogP contribution in [0.5, 0.6) is 0 Å². The first-order valence-electron chi connectivity index (χ1n) is 5.31. The summed E-state index contributed by atoms with van der Waals surface area (Å²) in [5.74, 6) is -1.01. The van der Waals surface area contributed by atoms with E-state index < -0.39 is 16.2 Å². The van der Waals surface area contributed by atoms with E-state index in [-0.39, 0.29) is 18.9 Å². The maximum atomic E-state index is 11.8. The quantitative estimate of drug-likeness (QED) is 0.760. The number of nitrogens with zero attached hydrogens (tertiary/aromatic N) is 2. The van der Waals surface area contributed by atoms with Crippen LogP contribution in [0.15, 0.2) is 0 Å². The van der Waals surface area contributed by atoms with E-state index in [9.17, 15) is 13.2 Å². The van der Waals surface area contributed by atoms with Gasteiger partial charge < -0.3 is 5.11 Å². The summed E-state index contributed by atoms with van der Waals surface area (Å²) < 4.78 is 26.3. The van der Waals surface area contributed by atoms with Crippen LogP contribution in [0.4, 0.5) is 0 Å². The molecule has 1 heterocycles. The highest BCUT2D eigenvalue weighted by Crippen LogP contribution is 2.21. The van der Waals surface area contributed by atoms with E-state index in [2.05, 4.69) is 0 Å². The molecule has 0 amide bonds. The fourth-order valence-corrected chi connectivity index (χ4v) is 3.53. The van der Waals surface area contributed by atoms with Gasteiger partial charge in [-0.25, -0.2) is 0 Å².